The lowest BCUT2D eigenvalue weighted by molar-refractivity contribution is -0.126. The molecule has 3 rings (SSSR count). The van der Waals surface area contributed by atoms with Gasteiger partial charge in [-0.15, -0.1) is 0 Å². The summed E-state index contributed by atoms with van der Waals surface area (Å²) in [5.41, 5.74) is 1.19. The first-order valence-corrected chi connectivity index (χ1v) is 13.1. The number of piperidine rings is 1. The molecule has 0 aliphatic carbocycles. The second-order valence-electron chi connectivity index (χ2n) is 9.51. The summed E-state index contributed by atoms with van der Waals surface area (Å²) >= 11 is 0. The second-order valence-corrected chi connectivity index (χ2v) is 9.51. The minimum absolute atomic E-state index is 0.0581. The lowest BCUT2D eigenvalue weighted by atomic mass is 9.98. The summed E-state index contributed by atoms with van der Waals surface area (Å²) in [6, 6.07) is 4.03. The Morgan fingerprint density at radius 2 is 1.91 bits per heavy atom. The number of rotatable bonds is 9. The Hall–Kier alpha value is -2.03. The topological polar surface area (TPSA) is 86.8 Å². The Bertz CT molecular complexity index is 724. The summed E-state index contributed by atoms with van der Waals surface area (Å²) in [5.74, 6) is 0.0913. The second kappa shape index (κ2) is 15.1. The number of aromatic nitrogens is 1. The number of hydrogen-bond acceptors (Lipinski definition) is 6. The van der Waals surface area contributed by atoms with E-state index in [0.717, 1.165) is 71.4 Å². The first kappa shape index (κ1) is 26.6. The van der Waals surface area contributed by atoms with Crippen molar-refractivity contribution in [3.8, 4) is 0 Å². The molecule has 0 radical (unpaired) electrons. The van der Waals surface area contributed by atoms with E-state index in [1.807, 2.05) is 12.1 Å². The van der Waals surface area contributed by atoms with E-state index in [4.69, 9.17) is 4.74 Å². The van der Waals surface area contributed by atoms with E-state index >= 15 is 0 Å². The maximum atomic E-state index is 12.8. The highest BCUT2D eigenvalue weighted by Gasteiger charge is 2.21. The third kappa shape index (κ3) is 9.68. The Labute approximate surface area is 204 Å². The fourth-order valence-electron chi connectivity index (χ4n) is 4.79. The molecular formula is C26H43N5O3. The van der Waals surface area contributed by atoms with Crippen LogP contribution in [0.5, 0.6) is 0 Å². The van der Waals surface area contributed by atoms with E-state index in [1.165, 1.54) is 5.56 Å². The fourth-order valence-corrected chi connectivity index (χ4v) is 4.79. The van der Waals surface area contributed by atoms with Crippen LogP contribution in [0.4, 0.5) is 0 Å². The molecule has 0 spiro atoms. The zero-order valence-electron chi connectivity index (χ0n) is 20.8. The largest absolute Gasteiger partial charge is 0.378 e. The fraction of sp³-hybridized carbons (Fsp3) is 0.731. The number of nitrogens with zero attached hydrogens (tertiary/aromatic N) is 3. The number of likely N-dealkylation sites (tertiary alicyclic amines) is 1. The van der Waals surface area contributed by atoms with Gasteiger partial charge in [-0.3, -0.25) is 19.5 Å². The van der Waals surface area contributed by atoms with Crippen molar-refractivity contribution in [2.45, 2.75) is 64.5 Å². The molecule has 8 heteroatoms. The molecule has 3 heterocycles. The number of carbonyl (C=O) groups is 2. The Morgan fingerprint density at radius 3 is 2.68 bits per heavy atom. The number of ether oxygens (including phenoxy) is 1. The first-order valence-electron chi connectivity index (χ1n) is 13.1. The van der Waals surface area contributed by atoms with E-state index in [0.29, 0.717) is 38.6 Å². The summed E-state index contributed by atoms with van der Waals surface area (Å²) in [6.45, 7) is 9.86. The molecule has 0 bridgehead atoms. The zero-order valence-corrected chi connectivity index (χ0v) is 20.8. The van der Waals surface area contributed by atoms with Gasteiger partial charge < -0.3 is 20.3 Å². The molecule has 8 nitrogen and oxygen atoms in total. The third-order valence-corrected chi connectivity index (χ3v) is 6.98. The van der Waals surface area contributed by atoms with Gasteiger partial charge in [-0.2, -0.15) is 0 Å². The van der Waals surface area contributed by atoms with Gasteiger partial charge in [0.15, 0.2) is 0 Å². The number of carbonyl (C=O) groups excluding carboxylic acids is 2. The normalized spacial score (nSPS) is 22.0. The van der Waals surface area contributed by atoms with Crippen LogP contribution in [0.1, 0.15) is 57.4 Å². The van der Waals surface area contributed by atoms with Crippen molar-refractivity contribution in [3.05, 3.63) is 30.1 Å². The van der Waals surface area contributed by atoms with Gasteiger partial charge in [-0.25, -0.2) is 0 Å². The van der Waals surface area contributed by atoms with Crippen LogP contribution < -0.4 is 10.6 Å². The van der Waals surface area contributed by atoms with E-state index in [2.05, 4.69) is 32.3 Å². The van der Waals surface area contributed by atoms with Gasteiger partial charge in [-0.1, -0.05) is 6.92 Å². The van der Waals surface area contributed by atoms with E-state index in [1.54, 1.807) is 12.4 Å². The summed E-state index contributed by atoms with van der Waals surface area (Å²) in [7, 11) is 0. The van der Waals surface area contributed by atoms with Crippen molar-refractivity contribution in [2.24, 2.45) is 5.92 Å². The molecule has 190 valence electrons. The van der Waals surface area contributed by atoms with Crippen molar-refractivity contribution in [3.63, 3.8) is 0 Å². The predicted octanol–water partition coefficient (Wildman–Crippen LogP) is 2.20. The van der Waals surface area contributed by atoms with Gasteiger partial charge in [0, 0.05) is 70.6 Å². The highest BCUT2D eigenvalue weighted by atomic mass is 16.5. The van der Waals surface area contributed by atoms with Crippen LogP contribution in [-0.4, -0.2) is 85.1 Å². The van der Waals surface area contributed by atoms with E-state index in [-0.39, 0.29) is 17.7 Å². The van der Waals surface area contributed by atoms with Crippen LogP contribution in [-0.2, 0) is 20.9 Å². The zero-order chi connectivity index (χ0) is 24.0. The van der Waals surface area contributed by atoms with Gasteiger partial charge >= 0.3 is 0 Å². The van der Waals surface area contributed by atoms with E-state index in [9.17, 15) is 9.59 Å². The van der Waals surface area contributed by atoms with Crippen LogP contribution in [0.3, 0.4) is 0 Å². The SMILES string of the molecule is CCN1CCC(OCCCNC(=O)C2CCCN(Cc3ccncc3)CCC(=O)NCC2)CC1. The summed E-state index contributed by atoms with van der Waals surface area (Å²) in [5, 5.41) is 6.10. The number of nitrogens with one attached hydrogen (secondary N) is 2. The molecule has 1 atom stereocenters. The molecule has 2 fully saturated rings. The molecule has 2 N–H and O–H groups in total. The summed E-state index contributed by atoms with van der Waals surface area (Å²) < 4.78 is 6.02. The third-order valence-electron chi connectivity index (χ3n) is 6.98. The number of amides is 2. The van der Waals surface area contributed by atoms with Crippen LogP contribution in [0.2, 0.25) is 0 Å². The van der Waals surface area contributed by atoms with Crippen LogP contribution in [0.15, 0.2) is 24.5 Å². The van der Waals surface area contributed by atoms with Crippen LogP contribution in [0.25, 0.3) is 0 Å². The quantitative estimate of drug-likeness (QED) is 0.535. The van der Waals surface area contributed by atoms with Gasteiger partial charge in [0.2, 0.25) is 11.8 Å². The Morgan fingerprint density at radius 1 is 1.12 bits per heavy atom. The van der Waals surface area contributed by atoms with Crippen molar-refractivity contribution in [1.29, 1.82) is 0 Å². The highest BCUT2D eigenvalue weighted by Crippen LogP contribution is 2.15. The highest BCUT2D eigenvalue weighted by molar-refractivity contribution is 5.79. The minimum atomic E-state index is -0.0690. The Kier molecular flexibility index (Phi) is 11.8. The Balaban J connectivity index is 1.37. The van der Waals surface area contributed by atoms with Crippen molar-refractivity contribution < 1.29 is 14.3 Å². The first-order chi connectivity index (χ1) is 16.6. The van der Waals surface area contributed by atoms with Crippen LogP contribution >= 0.6 is 0 Å². The molecule has 2 aliphatic heterocycles. The lowest BCUT2D eigenvalue weighted by Crippen LogP contribution is -2.37. The van der Waals surface area contributed by atoms with Crippen molar-refractivity contribution >= 4 is 11.8 Å². The average Bonchev–Trinajstić information content (AvgIpc) is 2.90. The molecule has 1 aromatic rings. The molecular weight excluding hydrogens is 430 g/mol. The van der Waals surface area contributed by atoms with Crippen molar-refractivity contribution in [2.75, 3.05) is 52.4 Å². The molecule has 2 amide bonds. The smallest absolute Gasteiger partial charge is 0.223 e. The molecule has 1 aromatic heterocycles. The van der Waals surface area contributed by atoms with Crippen molar-refractivity contribution in [1.82, 2.24) is 25.4 Å². The molecule has 1 unspecified atom stereocenters. The predicted molar refractivity (Wildman–Crippen MR) is 133 cm³/mol. The average molecular weight is 474 g/mol. The molecule has 34 heavy (non-hydrogen) atoms. The van der Waals surface area contributed by atoms with Crippen LogP contribution in [0, 0.1) is 5.92 Å². The maximum absolute atomic E-state index is 12.8. The van der Waals surface area contributed by atoms with E-state index < -0.39 is 0 Å². The van der Waals surface area contributed by atoms with Gasteiger partial charge in [0.05, 0.1) is 6.10 Å². The minimum Gasteiger partial charge on any atom is -0.378 e. The maximum Gasteiger partial charge on any atom is 0.223 e. The van der Waals surface area contributed by atoms with Gasteiger partial charge in [0.25, 0.3) is 0 Å². The molecule has 0 saturated carbocycles. The number of pyridine rings is 1. The molecule has 0 aromatic carbocycles. The number of hydrogen-bond donors (Lipinski definition) is 2. The summed E-state index contributed by atoms with van der Waals surface area (Å²) in [6.07, 6.45) is 9.95. The van der Waals surface area contributed by atoms with Gasteiger partial charge in [-0.05, 0) is 69.3 Å². The molecule has 2 saturated heterocycles. The monoisotopic (exact) mass is 473 g/mol. The standard InChI is InChI=1S/C26H43N5O3/c1-2-30-17-9-24(10-18-30)34-20-4-12-29-26(33)23-5-3-16-31(19-11-25(32)28-15-8-23)21-22-6-13-27-14-7-22/h6-7,13-14,23-24H,2-5,8-12,15-21H2,1H3,(H,28,32)(H,29,33). The molecule has 2 aliphatic rings. The van der Waals surface area contributed by atoms with Gasteiger partial charge in [0.1, 0.15) is 0 Å². The summed E-state index contributed by atoms with van der Waals surface area (Å²) in [4.78, 5) is 33.9. The lowest BCUT2D eigenvalue weighted by Gasteiger charge is -2.30.